The lowest BCUT2D eigenvalue weighted by Gasteiger charge is -2.14. The first-order valence-electron chi connectivity index (χ1n) is 3.64. The number of hydrogen-bond donors (Lipinski definition) is 1. The van der Waals surface area contributed by atoms with Gasteiger partial charge in [0.05, 0.1) is 6.61 Å². The standard InChI is InChI=1S/C9H15FO/c1-4-8(10)5-6-9(2,3)7-11/h4-6,11H,7H2,1-3H3/b6-5-,8-4+. The molecule has 1 nitrogen and oxygen atoms in total. The van der Waals surface area contributed by atoms with E-state index >= 15 is 0 Å². The average Bonchev–Trinajstić information content (AvgIpc) is 2.00. The summed E-state index contributed by atoms with van der Waals surface area (Å²) in [6, 6.07) is 0. The molecule has 0 aromatic rings. The zero-order valence-corrected chi connectivity index (χ0v) is 7.26. The van der Waals surface area contributed by atoms with Crippen LogP contribution in [0.5, 0.6) is 0 Å². The van der Waals surface area contributed by atoms with Gasteiger partial charge in [0.2, 0.25) is 0 Å². The predicted molar refractivity (Wildman–Crippen MR) is 44.9 cm³/mol. The molecule has 0 bridgehead atoms. The predicted octanol–water partition coefficient (Wildman–Crippen LogP) is 2.43. The summed E-state index contributed by atoms with van der Waals surface area (Å²) >= 11 is 0. The van der Waals surface area contributed by atoms with Crippen LogP contribution in [-0.2, 0) is 0 Å². The van der Waals surface area contributed by atoms with Gasteiger partial charge in [-0.25, -0.2) is 4.39 Å². The van der Waals surface area contributed by atoms with Crippen molar-refractivity contribution in [3.05, 3.63) is 24.1 Å². The minimum Gasteiger partial charge on any atom is -0.395 e. The molecule has 0 aliphatic heterocycles. The van der Waals surface area contributed by atoms with Gasteiger partial charge in [-0.2, -0.15) is 0 Å². The van der Waals surface area contributed by atoms with Crippen LogP contribution in [0.15, 0.2) is 24.1 Å². The molecule has 0 atom stereocenters. The van der Waals surface area contributed by atoms with E-state index in [1.54, 1.807) is 13.0 Å². The Labute approximate surface area is 67.2 Å². The number of hydrogen-bond acceptors (Lipinski definition) is 1. The lowest BCUT2D eigenvalue weighted by atomic mass is 9.94. The Kier molecular flexibility index (Phi) is 4.04. The molecule has 0 aliphatic carbocycles. The highest BCUT2D eigenvalue weighted by atomic mass is 19.1. The molecule has 11 heavy (non-hydrogen) atoms. The van der Waals surface area contributed by atoms with Crippen LogP contribution in [0.4, 0.5) is 4.39 Å². The molecule has 0 amide bonds. The van der Waals surface area contributed by atoms with Gasteiger partial charge in [0, 0.05) is 5.41 Å². The molecule has 0 unspecified atom stereocenters. The summed E-state index contributed by atoms with van der Waals surface area (Å²) in [5.74, 6) is -0.272. The van der Waals surface area contributed by atoms with Gasteiger partial charge < -0.3 is 5.11 Å². The molecule has 0 rings (SSSR count). The Morgan fingerprint density at radius 3 is 2.45 bits per heavy atom. The van der Waals surface area contributed by atoms with Crippen molar-refractivity contribution in [2.24, 2.45) is 5.41 Å². The maximum Gasteiger partial charge on any atom is 0.118 e. The first kappa shape index (κ1) is 10.4. The quantitative estimate of drug-likeness (QED) is 0.625. The van der Waals surface area contributed by atoms with E-state index < -0.39 is 0 Å². The normalized spacial score (nSPS) is 14.5. The molecule has 2 heteroatoms. The Morgan fingerprint density at radius 1 is 1.55 bits per heavy atom. The average molecular weight is 158 g/mol. The van der Waals surface area contributed by atoms with Gasteiger partial charge in [-0.05, 0) is 13.0 Å². The van der Waals surface area contributed by atoms with Crippen LogP contribution in [0.1, 0.15) is 20.8 Å². The van der Waals surface area contributed by atoms with Crippen LogP contribution >= 0.6 is 0 Å². The fourth-order valence-electron chi connectivity index (χ4n) is 0.454. The monoisotopic (exact) mass is 158 g/mol. The van der Waals surface area contributed by atoms with E-state index in [4.69, 9.17) is 5.11 Å². The first-order valence-corrected chi connectivity index (χ1v) is 3.64. The Balaban J connectivity index is 4.12. The van der Waals surface area contributed by atoms with Gasteiger partial charge in [-0.3, -0.25) is 0 Å². The van der Waals surface area contributed by atoms with E-state index in [2.05, 4.69) is 0 Å². The van der Waals surface area contributed by atoms with E-state index in [1.807, 2.05) is 13.8 Å². The molecule has 0 saturated carbocycles. The maximum absolute atomic E-state index is 12.5. The van der Waals surface area contributed by atoms with Gasteiger partial charge in [0.1, 0.15) is 5.83 Å². The largest absolute Gasteiger partial charge is 0.395 e. The van der Waals surface area contributed by atoms with Crippen LogP contribution in [0, 0.1) is 5.41 Å². The Morgan fingerprint density at radius 2 is 2.09 bits per heavy atom. The molecule has 1 N–H and O–H groups in total. The van der Waals surface area contributed by atoms with Gasteiger partial charge >= 0.3 is 0 Å². The summed E-state index contributed by atoms with van der Waals surface area (Å²) < 4.78 is 12.5. The molecule has 0 radical (unpaired) electrons. The third-order valence-electron chi connectivity index (χ3n) is 1.38. The number of halogens is 1. The van der Waals surface area contributed by atoms with Crippen LogP contribution in [-0.4, -0.2) is 11.7 Å². The molecule has 0 aromatic heterocycles. The second-order valence-electron chi connectivity index (χ2n) is 3.15. The number of aliphatic hydroxyl groups excluding tert-OH is 1. The van der Waals surface area contributed by atoms with Crippen molar-refractivity contribution < 1.29 is 9.50 Å². The lowest BCUT2D eigenvalue weighted by Crippen LogP contribution is -2.12. The van der Waals surface area contributed by atoms with Gasteiger partial charge in [-0.1, -0.05) is 26.0 Å². The summed E-state index contributed by atoms with van der Waals surface area (Å²) in [7, 11) is 0. The lowest BCUT2D eigenvalue weighted by molar-refractivity contribution is 0.199. The molecule has 0 aromatic carbocycles. The molecule has 0 spiro atoms. The number of aliphatic hydroxyl groups is 1. The third kappa shape index (κ3) is 4.73. The molecule has 0 saturated heterocycles. The molecule has 0 fully saturated rings. The van der Waals surface area contributed by atoms with Crippen LogP contribution in [0.2, 0.25) is 0 Å². The summed E-state index contributed by atoms with van der Waals surface area (Å²) in [6.45, 7) is 5.34. The zero-order valence-electron chi connectivity index (χ0n) is 7.26. The molecular weight excluding hydrogens is 143 g/mol. The Hall–Kier alpha value is -0.630. The highest BCUT2D eigenvalue weighted by molar-refractivity contribution is 5.12. The van der Waals surface area contributed by atoms with E-state index in [0.29, 0.717) is 0 Å². The Bertz CT molecular complexity index is 168. The van der Waals surface area contributed by atoms with Crippen LogP contribution in [0.25, 0.3) is 0 Å². The van der Waals surface area contributed by atoms with Gasteiger partial charge in [0.25, 0.3) is 0 Å². The van der Waals surface area contributed by atoms with Crippen molar-refractivity contribution in [1.82, 2.24) is 0 Å². The molecule has 64 valence electrons. The minimum atomic E-state index is -0.333. The summed E-state index contributed by atoms with van der Waals surface area (Å²) in [5.41, 5.74) is -0.333. The summed E-state index contributed by atoms with van der Waals surface area (Å²) in [5, 5.41) is 8.79. The number of rotatable bonds is 3. The highest BCUT2D eigenvalue weighted by Crippen LogP contribution is 2.16. The van der Waals surface area contributed by atoms with Gasteiger partial charge in [-0.15, -0.1) is 0 Å². The van der Waals surface area contributed by atoms with Crippen molar-refractivity contribution >= 4 is 0 Å². The molecule has 0 aliphatic rings. The molecule has 0 heterocycles. The smallest absolute Gasteiger partial charge is 0.118 e. The first-order chi connectivity index (χ1) is 5.02. The van der Waals surface area contributed by atoms with E-state index in [-0.39, 0.29) is 17.8 Å². The van der Waals surface area contributed by atoms with E-state index in [9.17, 15) is 4.39 Å². The van der Waals surface area contributed by atoms with Crippen LogP contribution < -0.4 is 0 Å². The van der Waals surface area contributed by atoms with E-state index in [1.165, 1.54) is 12.2 Å². The van der Waals surface area contributed by atoms with E-state index in [0.717, 1.165) is 0 Å². The topological polar surface area (TPSA) is 20.2 Å². The van der Waals surface area contributed by atoms with Crippen molar-refractivity contribution in [3.63, 3.8) is 0 Å². The van der Waals surface area contributed by atoms with Crippen molar-refractivity contribution in [1.29, 1.82) is 0 Å². The van der Waals surface area contributed by atoms with Gasteiger partial charge in [0.15, 0.2) is 0 Å². The van der Waals surface area contributed by atoms with Crippen molar-refractivity contribution in [2.75, 3.05) is 6.61 Å². The number of allylic oxidation sites excluding steroid dienone is 3. The van der Waals surface area contributed by atoms with Crippen molar-refractivity contribution in [2.45, 2.75) is 20.8 Å². The zero-order chi connectivity index (χ0) is 8.91. The highest BCUT2D eigenvalue weighted by Gasteiger charge is 2.10. The molecular formula is C9H15FO. The minimum absolute atomic E-state index is 0.0283. The third-order valence-corrected chi connectivity index (χ3v) is 1.38. The van der Waals surface area contributed by atoms with Crippen LogP contribution in [0.3, 0.4) is 0 Å². The fourth-order valence-corrected chi connectivity index (χ4v) is 0.454. The second kappa shape index (κ2) is 4.29. The maximum atomic E-state index is 12.5. The summed E-state index contributed by atoms with van der Waals surface area (Å²) in [6.07, 6.45) is 4.41. The summed E-state index contributed by atoms with van der Waals surface area (Å²) in [4.78, 5) is 0. The second-order valence-corrected chi connectivity index (χ2v) is 3.15. The van der Waals surface area contributed by atoms with Crippen molar-refractivity contribution in [3.8, 4) is 0 Å². The SMILES string of the molecule is C/C=C(F)\C=C/C(C)(C)CO. The fraction of sp³-hybridized carbons (Fsp3) is 0.556.